The third-order valence-corrected chi connectivity index (χ3v) is 10.6. The molecule has 2 aliphatic heterocycles. The second kappa shape index (κ2) is 12.4. The molecule has 3 aliphatic rings. The van der Waals surface area contributed by atoms with E-state index >= 15 is 17.6 Å². The fraction of sp³-hybridized carbons (Fsp3) is 0.308. The van der Waals surface area contributed by atoms with E-state index in [1.807, 2.05) is 0 Å². The number of nitrogens with zero attached hydrogens (tertiary/aromatic N) is 6. The number of benzene rings is 3. The molecule has 3 aromatic carbocycles. The fourth-order valence-electron chi connectivity index (χ4n) is 7.21. The Morgan fingerprint density at radius 1 is 1.02 bits per heavy atom. The normalized spacial score (nSPS) is 20.9. The van der Waals surface area contributed by atoms with Crippen LogP contribution in [0.2, 0.25) is 0 Å². The monoisotopic (exact) mass is 725 g/mol. The minimum absolute atomic E-state index is 0.0186. The molecule has 1 atom stereocenters. The molecule has 0 radical (unpaired) electrons. The lowest BCUT2D eigenvalue weighted by molar-refractivity contribution is -0.245. The molecule has 14 heteroatoms. The van der Waals surface area contributed by atoms with Gasteiger partial charge in [0.15, 0.2) is 18.3 Å². The molecule has 1 unspecified atom stereocenters. The largest absolute Gasteiger partial charge is 0.872 e. The molecule has 8 rings (SSSR count). The highest BCUT2D eigenvalue weighted by molar-refractivity contribution is 5.78. The van der Waals surface area contributed by atoms with Crippen molar-refractivity contribution in [3.63, 3.8) is 0 Å². The Bertz CT molecular complexity index is 2470. The van der Waals surface area contributed by atoms with E-state index in [0.29, 0.717) is 29.3 Å². The number of carboxylic acid groups (broad SMARTS) is 1. The second-order valence-electron chi connectivity index (χ2n) is 14.3. The Hall–Kier alpha value is -5.79. The van der Waals surface area contributed by atoms with Gasteiger partial charge in [0.2, 0.25) is 5.88 Å². The Kier molecular flexibility index (Phi) is 8.04. The number of aliphatic carboxylic acids is 1. The standard InChI is InChI=1S/C39H34F4N6O4/c1-37(24-5-3-4-22(16-24)19-38(11-12-38)36(51)52)10-13-39(42,43)21-53-31-9-15-49(46-31)20-27-25-8-14-44-30(25)18-29(41)32(27)33(50)23-6-7-28(40)26(17-23)34-45-35(37)47-48(34)2/h3-9,14-18,50H,10-13,19-21H2,1-2H3,(H,51,52)/p-1/b33-32+. The molecule has 6 bridgehead atoms. The van der Waals surface area contributed by atoms with E-state index in [4.69, 9.17) is 9.72 Å². The summed E-state index contributed by atoms with van der Waals surface area (Å²) in [7, 11) is 1.53. The lowest BCUT2D eigenvalue weighted by Crippen LogP contribution is -2.32. The molecular weight excluding hydrogens is 692 g/mol. The first-order valence-corrected chi connectivity index (χ1v) is 17.1. The third kappa shape index (κ3) is 6.15. The van der Waals surface area contributed by atoms with Crippen LogP contribution < -0.4 is 20.4 Å². The number of alkyl halides is 2. The van der Waals surface area contributed by atoms with E-state index in [2.05, 4.69) is 15.2 Å². The molecule has 1 aliphatic carbocycles. The first kappa shape index (κ1) is 34.3. The highest BCUT2D eigenvalue weighted by Gasteiger charge is 2.50. The van der Waals surface area contributed by atoms with Gasteiger partial charge in [-0.15, -0.1) is 5.10 Å². The van der Waals surface area contributed by atoms with E-state index < -0.39 is 53.1 Å². The van der Waals surface area contributed by atoms with Crippen molar-refractivity contribution in [2.75, 3.05) is 6.61 Å². The molecule has 5 aromatic rings. The van der Waals surface area contributed by atoms with Gasteiger partial charge in [-0.2, -0.15) is 5.10 Å². The number of carbonyl (C=O) groups is 1. The van der Waals surface area contributed by atoms with Gasteiger partial charge in [-0.05, 0) is 73.1 Å². The zero-order valence-electron chi connectivity index (χ0n) is 28.7. The van der Waals surface area contributed by atoms with E-state index in [0.717, 1.165) is 17.7 Å². The van der Waals surface area contributed by atoms with Crippen LogP contribution >= 0.6 is 0 Å². The molecule has 10 nitrogen and oxygen atoms in total. The number of carboxylic acids is 1. The molecule has 2 aromatic heterocycles. The van der Waals surface area contributed by atoms with Crippen molar-refractivity contribution < 1.29 is 37.3 Å². The number of aromatic nitrogens is 5. The first-order chi connectivity index (χ1) is 25.2. The average Bonchev–Trinajstić information content (AvgIpc) is 3.41. The Balaban J connectivity index is 1.31. The summed E-state index contributed by atoms with van der Waals surface area (Å²) in [4.78, 5) is 20.9. The highest BCUT2D eigenvalue weighted by Crippen LogP contribution is 2.49. The van der Waals surface area contributed by atoms with Crippen LogP contribution in [0, 0.1) is 17.0 Å². The maximum atomic E-state index is 15.9. The summed E-state index contributed by atoms with van der Waals surface area (Å²) in [5.74, 6) is -6.49. The minimum Gasteiger partial charge on any atom is -0.872 e. The molecule has 1 N–H and O–H groups in total. The summed E-state index contributed by atoms with van der Waals surface area (Å²) in [5, 5.41) is 32.9. The number of halogens is 4. The quantitative estimate of drug-likeness (QED) is 0.267. The van der Waals surface area contributed by atoms with Gasteiger partial charge in [0.25, 0.3) is 5.92 Å². The summed E-state index contributed by atoms with van der Waals surface area (Å²) >= 11 is 0. The number of aryl methyl sites for hydroxylation is 1. The van der Waals surface area contributed by atoms with E-state index in [-0.39, 0.29) is 58.8 Å². The zero-order chi connectivity index (χ0) is 37.3. The van der Waals surface area contributed by atoms with Crippen LogP contribution in [-0.2, 0) is 30.2 Å². The van der Waals surface area contributed by atoms with Crippen LogP contribution in [0.4, 0.5) is 17.6 Å². The van der Waals surface area contributed by atoms with Gasteiger partial charge < -0.3 is 14.9 Å². The summed E-state index contributed by atoms with van der Waals surface area (Å²) in [6.45, 7) is 0.595. The fourth-order valence-corrected chi connectivity index (χ4v) is 7.21. The van der Waals surface area contributed by atoms with E-state index in [1.54, 1.807) is 37.3 Å². The maximum absolute atomic E-state index is 15.9. The molecule has 1 saturated carbocycles. The number of hydrogen-bond acceptors (Lipinski definition) is 7. The second-order valence-corrected chi connectivity index (χ2v) is 14.3. The number of ether oxygens (including phenoxy) is 1. The van der Waals surface area contributed by atoms with Crippen molar-refractivity contribution >= 4 is 17.8 Å². The Morgan fingerprint density at radius 3 is 2.60 bits per heavy atom. The van der Waals surface area contributed by atoms with Crippen molar-refractivity contribution in [2.45, 2.75) is 56.9 Å². The first-order valence-electron chi connectivity index (χ1n) is 17.1. The van der Waals surface area contributed by atoms with Gasteiger partial charge in [-0.3, -0.25) is 14.5 Å². The van der Waals surface area contributed by atoms with Crippen LogP contribution in [0.25, 0.3) is 23.2 Å². The zero-order valence-corrected chi connectivity index (χ0v) is 28.7. The SMILES string of the molecule is Cn1nc2nc1-c1cc(ccc1F)/C([O-])=c1\c(F)cc3c(c1Cn1ccc(n1)OCC(F)(F)CCC2(C)c1cccc(CC2(C(=O)O)CC2)c1)C=CN=3. The van der Waals surface area contributed by atoms with Crippen molar-refractivity contribution in [3.05, 3.63) is 123 Å². The van der Waals surface area contributed by atoms with Crippen molar-refractivity contribution in [1.82, 2.24) is 24.5 Å². The minimum atomic E-state index is -3.35. The van der Waals surface area contributed by atoms with Gasteiger partial charge in [0.1, 0.15) is 11.6 Å². The van der Waals surface area contributed by atoms with Gasteiger partial charge in [-0.25, -0.2) is 27.2 Å². The van der Waals surface area contributed by atoms with Crippen LogP contribution in [0.3, 0.4) is 0 Å². The topological polar surface area (TPSA) is 130 Å². The van der Waals surface area contributed by atoms with Crippen molar-refractivity contribution in [1.29, 1.82) is 0 Å². The summed E-state index contributed by atoms with van der Waals surface area (Å²) in [6, 6.07) is 13.3. The average molecular weight is 726 g/mol. The molecule has 4 heterocycles. The van der Waals surface area contributed by atoms with Gasteiger partial charge in [0.05, 0.1) is 28.3 Å². The van der Waals surface area contributed by atoms with E-state index in [9.17, 15) is 15.0 Å². The molecule has 0 saturated heterocycles. The molecule has 272 valence electrons. The lowest BCUT2D eigenvalue weighted by atomic mass is 9.76. The smallest absolute Gasteiger partial charge is 0.309 e. The molecular formula is C39H33F4N6O4-. The lowest BCUT2D eigenvalue weighted by Gasteiger charge is -2.30. The van der Waals surface area contributed by atoms with E-state index in [1.165, 1.54) is 47.0 Å². The predicted molar refractivity (Wildman–Crippen MR) is 182 cm³/mol. The van der Waals surface area contributed by atoms with Crippen LogP contribution in [0.15, 0.2) is 72.0 Å². The third-order valence-electron chi connectivity index (χ3n) is 10.6. The molecule has 1 fully saturated rings. The summed E-state index contributed by atoms with van der Waals surface area (Å²) < 4.78 is 71.1. The van der Waals surface area contributed by atoms with Crippen molar-refractivity contribution in [2.24, 2.45) is 17.5 Å². The molecule has 0 amide bonds. The maximum Gasteiger partial charge on any atom is 0.309 e. The van der Waals surface area contributed by atoms with Crippen LogP contribution in [0.1, 0.15) is 66.2 Å². The van der Waals surface area contributed by atoms with Gasteiger partial charge >= 0.3 is 5.97 Å². The van der Waals surface area contributed by atoms with Gasteiger partial charge in [-0.1, -0.05) is 36.1 Å². The highest BCUT2D eigenvalue weighted by atomic mass is 19.3. The summed E-state index contributed by atoms with van der Waals surface area (Å²) in [6.07, 6.45) is 5.12. The van der Waals surface area contributed by atoms with Crippen LogP contribution in [0.5, 0.6) is 5.88 Å². The van der Waals surface area contributed by atoms with Crippen LogP contribution in [-0.4, -0.2) is 48.2 Å². The summed E-state index contributed by atoms with van der Waals surface area (Å²) in [5.41, 5.74) is -0.221. The number of hydrogen-bond donors (Lipinski definition) is 1. The number of fused-ring (bicyclic) bond motifs is 10. The van der Waals surface area contributed by atoms with Gasteiger partial charge in [0, 0.05) is 48.8 Å². The van der Waals surface area contributed by atoms with Crippen molar-refractivity contribution in [3.8, 4) is 17.3 Å². The Morgan fingerprint density at radius 2 is 1.83 bits per heavy atom. The predicted octanol–water partition coefficient (Wildman–Crippen LogP) is 4.65. The molecule has 53 heavy (non-hydrogen) atoms. The molecule has 0 spiro atoms. The Labute approximate surface area is 300 Å². The number of rotatable bonds is 4.